The van der Waals surface area contributed by atoms with Crippen molar-refractivity contribution in [2.75, 3.05) is 31.1 Å². The molecule has 2 aromatic rings. The van der Waals surface area contributed by atoms with Crippen molar-refractivity contribution >= 4 is 22.6 Å². The van der Waals surface area contributed by atoms with Gasteiger partial charge in [0.15, 0.2) is 5.82 Å². The summed E-state index contributed by atoms with van der Waals surface area (Å²) in [6.07, 6.45) is 3.45. The molecule has 0 radical (unpaired) electrons. The van der Waals surface area contributed by atoms with Gasteiger partial charge in [0.05, 0.1) is 10.9 Å². The molecule has 0 bridgehead atoms. The molecule has 29 heavy (non-hydrogen) atoms. The smallest absolute Gasteiger partial charge is 0.341 e. The number of aromatic carboxylic acids is 1. The number of hydrogen-bond donors (Lipinski definition) is 2. The van der Waals surface area contributed by atoms with Crippen molar-refractivity contribution in [2.45, 2.75) is 30.9 Å². The summed E-state index contributed by atoms with van der Waals surface area (Å²) in [5.74, 6) is -3.05. The van der Waals surface area contributed by atoms with E-state index in [9.17, 15) is 14.7 Å². The Morgan fingerprint density at radius 3 is 2.72 bits per heavy atom. The molecule has 1 aliphatic carbocycles. The van der Waals surface area contributed by atoms with E-state index in [0.717, 1.165) is 25.3 Å². The molecule has 1 aromatic heterocycles. The summed E-state index contributed by atoms with van der Waals surface area (Å²) < 4.78 is 38.0. The highest BCUT2D eigenvalue weighted by Crippen LogP contribution is 2.44. The van der Waals surface area contributed by atoms with E-state index in [4.69, 9.17) is 10.5 Å². The Morgan fingerprint density at radius 1 is 1.34 bits per heavy atom. The van der Waals surface area contributed by atoms with Crippen molar-refractivity contribution in [1.29, 1.82) is 0 Å². The van der Waals surface area contributed by atoms with Crippen LogP contribution in [-0.4, -0.2) is 47.5 Å². The van der Waals surface area contributed by atoms with Crippen LogP contribution < -0.4 is 16.1 Å². The molecule has 2 atom stereocenters. The van der Waals surface area contributed by atoms with Gasteiger partial charge in [-0.25, -0.2) is 13.6 Å². The largest absolute Gasteiger partial charge is 0.477 e. The maximum Gasteiger partial charge on any atom is 0.341 e. The number of halogens is 2. The molecule has 5 rings (SSSR count). The van der Waals surface area contributed by atoms with Crippen molar-refractivity contribution in [3.05, 3.63) is 39.7 Å². The predicted octanol–water partition coefficient (Wildman–Crippen LogP) is 1.87. The van der Waals surface area contributed by atoms with E-state index in [1.165, 1.54) is 10.8 Å². The first-order valence-electron chi connectivity index (χ1n) is 9.75. The van der Waals surface area contributed by atoms with E-state index < -0.39 is 34.2 Å². The van der Waals surface area contributed by atoms with E-state index in [0.29, 0.717) is 13.2 Å². The standard InChI is InChI=1S/C20H21F2N3O4/c21-14-5-12-16(25(11-1-2-11)7-13(18(12)26)19(27)28)15(22)17(14)24-6-10-3-4-29-20(10,8-23)9-24/h5,7,10-11H,1-4,6,8-9,23H2,(H,27,28). The molecule has 3 N–H and O–H groups in total. The molecular weight excluding hydrogens is 384 g/mol. The highest BCUT2D eigenvalue weighted by atomic mass is 19.1. The third-order valence-electron chi connectivity index (χ3n) is 6.52. The number of rotatable bonds is 4. The first-order valence-corrected chi connectivity index (χ1v) is 9.75. The zero-order chi connectivity index (χ0) is 20.5. The molecule has 2 saturated heterocycles. The summed E-state index contributed by atoms with van der Waals surface area (Å²) in [5.41, 5.74) is 3.68. The zero-order valence-corrected chi connectivity index (χ0v) is 15.7. The average molecular weight is 405 g/mol. The van der Waals surface area contributed by atoms with Gasteiger partial charge in [0.2, 0.25) is 5.43 Å². The first-order chi connectivity index (χ1) is 13.9. The number of anilines is 1. The lowest BCUT2D eigenvalue weighted by Crippen LogP contribution is -2.44. The number of carboxylic acids is 1. The van der Waals surface area contributed by atoms with Crippen LogP contribution in [0, 0.1) is 17.6 Å². The Kier molecular flexibility index (Phi) is 3.98. The summed E-state index contributed by atoms with van der Waals surface area (Å²) in [6.45, 7) is 1.53. The lowest BCUT2D eigenvalue weighted by Gasteiger charge is -2.27. The molecule has 9 heteroatoms. The van der Waals surface area contributed by atoms with Gasteiger partial charge in [0.1, 0.15) is 22.7 Å². The van der Waals surface area contributed by atoms with Gasteiger partial charge in [0, 0.05) is 44.4 Å². The average Bonchev–Trinajstić information content (AvgIpc) is 3.34. The Hall–Kier alpha value is -2.52. The molecule has 1 aromatic carbocycles. The van der Waals surface area contributed by atoms with E-state index >= 15 is 8.78 Å². The molecule has 3 aliphatic rings. The van der Waals surface area contributed by atoms with Crippen molar-refractivity contribution in [1.82, 2.24) is 4.57 Å². The fourth-order valence-electron chi connectivity index (χ4n) is 4.85. The number of carbonyl (C=O) groups is 1. The predicted molar refractivity (Wildman–Crippen MR) is 101 cm³/mol. The minimum absolute atomic E-state index is 0.0429. The molecule has 2 unspecified atom stereocenters. The lowest BCUT2D eigenvalue weighted by molar-refractivity contribution is 0.0126. The minimum atomic E-state index is -1.41. The van der Waals surface area contributed by atoms with Crippen molar-refractivity contribution in [3.63, 3.8) is 0 Å². The van der Waals surface area contributed by atoms with Crippen LogP contribution in [0.25, 0.3) is 10.9 Å². The SMILES string of the molecule is NCC12CN(c3c(F)cc4c(=O)c(C(=O)O)cn(C5CC5)c4c3F)CC1CCO2. The number of nitrogens with two attached hydrogens (primary N) is 1. The number of fused-ring (bicyclic) bond motifs is 2. The summed E-state index contributed by atoms with van der Waals surface area (Å²) in [5, 5.41) is 9.08. The number of pyridine rings is 1. The Balaban J connectivity index is 1.71. The summed E-state index contributed by atoms with van der Waals surface area (Å²) in [6, 6.07) is 0.867. The summed E-state index contributed by atoms with van der Waals surface area (Å²) >= 11 is 0. The Labute approximate surface area is 164 Å². The third kappa shape index (κ3) is 2.60. The van der Waals surface area contributed by atoms with Crippen molar-refractivity contribution in [3.8, 4) is 0 Å². The monoisotopic (exact) mass is 405 g/mol. The maximum atomic E-state index is 15.7. The Morgan fingerprint density at radius 2 is 2.10 bits per heavy atom. The summed E-state index contributed by atoms with van der Waals surface area (Å²) in [4.78, 5) is 25.6. The summed E-state index contributed by atoms with van der Waals surface area (Å²) in [7, 11) is 0. The van der Waals surface area contributed by atoms with Gasteiger partial charge in [-0.05, 0) is 25.3 Å². The van der Waals surface area contributed by atoms with Crippen molar-refractivity contribution in [2.24, 2.45) is 11.7 Å². The van der Waals surface area contributed by atoms with Crippen LogP contribution in [0.1, 0.15) is 35.7 Å². The number of nitrogens with zero attached hydrogens (tertiary/aromatic N) is 2. The molecular formula is C20H21F2N3O4. The van der Waals surface area contributed by atoms with Gasteiger partial charge in [-0.3, -0.25) is 4.79 Å². The van der Waals surface area contributed by atoms with Crippen LogP contribution in [0.4, 0.5) is 14.5 Å². The highest BCUT2D eigenvalue weighted by molar-refractivity contribution is 5.94. The van der Waals surface area contributed by atoms with Gasteiger partial charge in [-0.15, -0.1) is 0 Å². The second kappa shape index (κ2) is 6.24. The van der Waals surface area contributed by atoms with Crippen LogP contribution in [0.5, 0.6) is 0 Å². The van der Waals surface area contributed by atoms with Gasteiger partial charge in [-0.1, -0.05) is 0 Å². The fraction of sp³-hybridized carbons (Fsp3) is 0.500. The molecule has 154 valence electrons. The van der Waals surface area contributed by atoms with E-state index in [2.05, 4.69) is 0 Å². The second-order valence-corrected chi connectivity index (χ2v) is 8.22. The zero-order valence-electron chi connectivity index (χ0n) is 15.7. The molecule has 0 spiro atoms. The van der Waals surface area contributed by atoms with E-state index in [1.54, 1.807) is 4.90 Å². The quantitative estimate of drug-likeness (QED) is 0.806. The van der Waals surface area contributed by atoms with Crippen LogP contribution in [0.15, 0.2) is 17.1 Å². The van der Waals surface area contributed by atoms with E-state index in [1.807, 2.05) is 0 Å². The molecule has 1 saturated carbocycles. The van der Waals surface area contributed by atoms with Crippen molar-refractivity contribution < 1.29 is 23.4 Å². The lowest BCUT2D eigenvalue weighted by atomic mass is 9.91. The van der Waals surface area contributed by atoms with Gasteiger partial charge >= 0.3 is 5.97 Å². The molecule has 2 aliphatic heterocycles. The number of carboxylic acid groups (broad SMARTS) is 1. The minimum Gasteiger partial charge on any atom is -0.477 e. The second-order valence-electron chi connectivity index (χ2n) is 8.22. The van der Waals surface area contributed by atoms with Gasteiger partial charge < -0.3 is 25.0 Å². The van der Waals surface area contributed by atoms with Crippen LogP contribution in [0.2, 0.25) is 0 Å². The Bertz CT molecular complexity index is 1100. The van der Waals surface area contributed by atoms with E-state index in [-0.39, 0.29) is 41.6 Å². The number of aromatic nitrogens is 1. The molecule has 0 amide bonds. The first kappa shape index (κ1) is 18.5. The highest BCUT2D eigenvalue weighted by Gasteiger charge is 2.51. The maximum absolute atomic E-state index is 15.7. The molecule has 7 nitrogen and oxygen atoms in total. The van der Waals surface area contributed by atoms with Crippen LogP contribution in [-0.2, 0) is 4.74 Å². The number of benzene rings is 1. The normalized spacial score (nSPS) is 26.3. The molecule has 3 heterocycles. The fourth-order valence-corrected chi connectivity index (χ4v) is 4.85. The molecule has 3 fully saturated rings. The third-order valence-corrected chi connectivity index (χ3v) is 6.52. The number of ether oxygens (including phenoxy) is 1. The van der Waals surface area contributed by atoms with Gasteiger partial charge in [0.25, 0.3) is 0 Å². The topological polar surface area (TPSA) is 97.8 Å². The van der Waals surface area contributed by atoms with Gasteiger partial charge in [-0.2, -0.15) is 0 Å². The number of hydrogen-bond acceptors (Lipinski definition) is 5. The van der Waals surface area contributed by atoms with Crippen LogP contribution in [0.3, 0.4) is 0 Å². The van der Waals surface area contributed by atoms with Crippen LogP contribution >= 0.6 is 0 Å².